The third-order valence-electron chi connectivity index (χ3n) is 3.01. The molecule has 0 saturated heterocycles. The molecule has 0 amide bonds. The van der Waals surface area contributed by atoms with Crippen molar-refractivity contribution in [3.05, 3.63) is 62.5 Å². The van der Waals surface area contributed by atoms with Gasteiger partial charge in [0, 0.05) is 20.7 Å². The SMILES string of the molecule is Cc1c(Br)cccc1NC(C)c1ccc(Br)cc1. The second-order valence-electron chi connectivity index (χ2n) is 4.33. The molecule has 94 valence electrons. The smallest absolute Gasteiger partial charge is 0.0485 e. The molecule has 0 aliphatic carbocycles. The summed E-state index contributed by atoms with van der Waals surface area (Å²) in [6.45, 7) is 4.28. The van der Waals surface area contributed by atoms with Crippen LogP contribution in [-0.2, 0) is 0 Å². The Hall–Kier alpha value is -0.800. The monoisotopic (exact) mass is 367 g/mol. The maximum atomic E-state index is 3.56. The summed E-state index contributed by atoms with van der Waals surface area (Å²) >= 11 is 7.01. The highest BCUT2D eigenvalue weighted by atomic mass is 79.9. The largest absolute Gasteiger partial charge is 0.378 e. The fourth-order valence-corrected chi connectivity index (χ4v) is 2.46. The van der Waals surface area contributed by atoms with Crippen LogP contribution in [0.5, 0.6) is 0 Å². The van der Waals surface area contributed by atoms with Gasteiger partial charge in [-0.25, -0.2) is 0 Å². The normalized spacial score (nSPS) is 12.2. The Morgan fingerprint density at radius 1 is 1.00 bits per heavy atom. The molecule has 1 atom stereocenters. The molecule has 2 aromatic carbocycles. The average molecular weight is 369 g/mol. The van der Waals surface area contributed by atoms with E-state index in [9.17, 15) is 0 Å². The summed E-state index contributed by atoms with van der Waals surface area (Å²) in [5.41, 5.74) is 3.68. The Morgan fingerprint density at radius 3 is 2.33 bits per heavy atom. The van der Waals surface area contributed by atoms with Crippen LogP contribution in [0.1, 0.15) is 24.1 Å². The summed E-state index contributed by atoms with van der Waals surface area (Å²) < 4.78 is 2.24. The first kappa shape index (κ1) is 13.6. The van der Waals surface area contributed by atoms with Gasteiger partial charge in [0.2, 0.25) is 0 Å². The first-order valence-corrected chi connectivity index (χ1v) is 7.43. The van der Waals surface area contributed by atoms with Gasteiger partial charge in [0.1, 0.15) is 0 Å². The first-order valence-electron chi connectivity index (χ1n) is 5.85. The summed E-state index contributed by atoms with van der Waals surface area (Å²) in [5, 5.41) is 3.54. The number of halogens is 2. The molecule has 0 spiro atoms. The third kappa shape index (κ3) is 3.15. The van der Waals surface area contributed by atoms with Crippen LogP contribution in [0.15, 0.2) is 51.4 Å². The fraction of sp³-hybridized carbons (Fsp3) is 0.200. The molecule has 18 heavy (non-hydrogen) atoms. The molecule has 0 radical (unpaired) electrons. The number of nitrogens with one attached hydrogen (secondary N) is 1. The van der Waals surface area contributed by atoms with E-state index in [0.29, 0.717) is 0 Å². The molecule has 0 bridgehead atoms. The molecule has 0 aliphatic heterocycles. The van der Waals surface area contributed by atoms with Crippen molar-refractivity contribution in [3.8, 4) is 0 Å². The van der Waals surface area contributed by atoms with E-state index in [1.165, 1.54) is 16.8 Å². The summed E-state index contributed by atoms with van der Waals surface area (Å²) in [6.07, 6.45) is 0. The van der Waals surface area contributed by atoms with Gasteiger partial charge in [0.15, 0.2) is 0 Å². The quantitative estimate of drug-likeness (QED) is 0.733. The summed E-state index contributed by atoms with van der Waals surface area (Å²) in [7, 11) is 0. The van der Waals surface area contributed by atoms with Crippen LogP contribution in [0.2, 0.25) is 0 Å². The van der Waals surface area contributed by atoms with E-state index in [4.69, 9.17) is 0 Å². The van der Waals surface area contributed by atoms with Crippen LogP contribution in [0.3, 0.4) is 0 Å². The van der Waals surface area contributed by atoms with Gasteiger partial charge < -0.3 is 5.32 Å². The maximum Gasteiger partial charge on any atom is 0.0485 e. The van der Waals surface area contributed by atoms with Gasteiger partial charge in [-0.1, -0.05) is 50.1 Å². The lowest BCUT2D eigenvalue weighted by Gasteiger charge is -2.18. The number of benzene rings is 2. The standard InChI is InChI=1S/C15H15Br2N/c1-10-14(17)4-3-5-15(10)18-11(2)12-6-8-13(16)9-7-12/h3-9,11,18H,1-2H3. The van der Waals surface area contributed by atoms with Crippen molar-refractivity contribution in [3.63, 3.8) is 0 Å². The van der Waals surface area contributed by atoms with E-state index < -0.39 is 0 Å². The zero-order valence-corrected chi connectivity index (χ0v) is 13.5. The molecule has 2 aromatic rings. The van der Waals surface area contributed by atoms with Crippen molar-refractivity contribution < 1.29 is 0 Å². The van der Waals surface area contributed by atoms with Gasteiger partial charge in [-0.3, -0.25) is 0 Å². The molecule has 0 saturated carbocycles. The Kier molecular flexibility index (Phi) is 4.46. The topological polar surface area (TPSA) is 12.0 Å². The Morgan fingerprint density at radius 2 is 1.67 bits per heavy atom. The number of anilines is 1. The van der Waals surface area contributed by atoms with E-state index in [-0.39, 0.29) is 6.04 Å². The van der Waals surface area contributed by atoms with Gasteiger partial charge >= 0.3 is 0 Å². The van der Waals surface area contributed by atoms with E-state index >= 15 is 0 Å². The molecule has 1 unspecified atom stereocenters. The minimum absolute atomic E-state index is 0.283. The second-order valence-corrected chi connectivity index (χ2v) is 6.10. The minimum atomic E-state index is 0.283. The Bertz CT molecular complexity index is 535. The van der Waals surface area contributed by atoms with Gasteiger partial charge in [0.05, 0.1) is 0 Å². The van der Waals surface area contributed by atoms with E-state index in [1.54, 1.807) is 0 Å². The molecular weight excluding hydrogens is 354 g/mol. The van der Waals surface area contributed by atoms with Crippen molar-refractivity contribution in [1.29, 1.82) is 0 Å². The van der Waals surface area contributed by atoms with Crippen molar-refractivity contribution in [2.24, 2.45) is 0 Å². The Balaban J connectivity index is 2.18. The lowest BCUT2D eigenvalue weighted by atomic mass is 10.1. The average Bonchev–Trinajstić information content (AvgIpc) is 2.36. The molecule has 1 N–H and O–H groups in total. The van der Waals surface area contributed by atoms with Gasteiger partial charge in [0.25, 0.3) is 0 Å². The van der Waals surface area contributed by atoms with Crippen LogP contribution in [0.4, 0.5) is 5.69 Å². The van der Waals surface area contributed by atoms with E-state index in [1.807, 2.05) is 6.07 Å². The summed E-state index contributed by atoms with van der Waals surface area (Å²) in [5.74, 6) is 0. The second kappa shape index (κ2) is 5.89. The molecule has 0 heterocycles. The van der Waals surface area contributed by atoms with Crippen molar-refractivity contribution in [2.75, 3.05) is 5.32 Å². The first-order chi connectivity index (χ1) is 8.58. The van der Waals surface area contributed by atoms with Crippen molar-refractivity contribution >= 4 is 37.5 Å². The van der Waals surface area contributed by atoms with Crippen molar-refractivity contribution in [1.82, 2.24) is 0 Å². The van der Waals surface area contributed by atoms with Crippen LogP contribution in [-0.4, -0.2) is 0 Å². The maximum absolute atomic E-state index is 3.56. The van der Waals surface area contributed by atoms with Crippen LogP contribution in [0, 0.1) is 6.92 Å². The highest BCUT2D eigenvalue weighted by Gasteiger charge is 2.07. The number of rotatable bonds is 3. The predicted octanol–water partition coefficient (Wildman–Crippen LogP) is 5.69. The van der Waals surface area contributed by atoms with Crippen LogP contribution < -0.4 is 5.32 Å². The third-order valence-corrected chi connectivity index (χ3v) is 4.40. The van der Waals surface area contributed by atoms with Crippen molar-refractivity contribution in [2.45, 2.75) is 19.9 Å². The molecule has 1 nitrogen and oxygen atoms in total. The molecule has 3 heteroatoms. The molecule has 0 aromatic heterocycles. The van der Waals surface area contributed by atoms with E-state index in [2.05, 4.69) is 87.4 Å². The lowest BCUT2D eigenvalue weighted by molar-refractivity contribution is 0.882. The Labute approximate surface area is 125 Å². The summed E-state index contributed by atoms with van der Waals surface area (Å²) in [4.78, 5) is 0. The number of hydrogen-bond acceptors (Lipinski definition) is 1. The molecule has 2 rings (SSSR count). The minimum Gasteiger partial charge on any atom is -0.378 e. The highest BCUT2D eigenvalue weighted by Crippen LogP contribution is 2.27. The predicted molar refractivity (Wildman–Crippen MR) is 85.1 cm³/mol. The molecule has 0 fully saturated rings. The van der Waals surface area contributed by atoms with Gasteiger partial charge in [-0.15, -0.1) is 0 Å². The van der Waals surface area contributed by atoms with Gasteiger partial charge in [-0.2, -0.15) is 0 Å². The van der Waals surface area contributed by atoms with Crippen LogP contribution >= 0.6 is 31.9 Å². The van der Waals surface area contributed by atoms with E-state index in [0.717, 1.165) is 8.95 Å². The lowest BCUT2D eigenvalue weighted by Crippen LogP contribution is -2.07. The zero-order valence-electron chi connectivity index (χ0n) is 10.4. The number of hydrogen-bond donors (Lipinski definition) is 1. The summed E-state index contributed by atoms with van der Waals surface area (Å²) in [6, 6.07) is 14.9. The van der Waals surface area contributed by atoms with Gasteiger partial charge in [-0.05, 0) is 49.2 Å². The van der Waals surface area contributed by atoms with Crippen LogP contribution in [0.25, 0.3) is 0 Å². The molecule has 0 aliphatic rings. The highest BCUT2D eigenvalue weighted by molar-refractivity contribution is 9.10. The fourth-order valence-electron chi connectivity index (χ4n) is 1.83. The molecular formula is C15H15Br2N. The zero-order chi connectivity index (χ0) is 13.1.